The highest BCUT2D eigenvalue weighted by Gasteiger charge is 2.27. The molecule has 0 saturated heterocycles. The number of hydrogen-bond donors (Lipinski definition) is 2. The third-order valence-electron chi connectivity index (χ3n) is 4.60. The average molecular weight is 375 g/mol. The highest BCUT2D eigenvalue weighted by atomic mass is 35.5. The Morgan fingerprint density at radius 2 is 1.92 bits per heavy atom. The fraction of sp³-hybridized carbons (Fsp3) is 0.611. The third kappa shape index (κ3) is 6.60. The van der Waals surface area contributed by atoms with Crippen LogP contribution in [0.4, 0.5) is 0 Å². The molecule has 0 aromatic heterocycles. The van der Waals surface area contributed by atoms with Gasteiger partial charge in [0.1, 0.15) is 6.04 Å². The van der Waals surface area contributed by atoms with E-state index in [-0.39, 0.29) is 31.0 Å². The van der Waals surface area contributed by atoms with Crippen molar-refractivity contribution < 1.29 is 9.53 Å². The van der Waals surface area contributed by atoms with Crippen LogP contribution in [-0.4, -0.2) is 31.7 Å². The summed E-state index contributed by atoms with van der Waals surface area (Å²) in [6.45, 7) is 0.240. The van der Waals surface area contributed by atoms with Gasteiger partial charge in [-0.05, 0) is 42.9 Å². The van der Waals surface area contributed by atoms with E-state index in [1.165, 1.54) is 24.8 Å². The number of methoxy groups -OCH3 is 1. The van der Waals surface area contributed by atoms with Gasteiger partial charge in [0, 0.05) is 18.2 Å². The van der Waals surface area contributed by atoms with Crippen molar-refractivity contribution in [3.05, 3.63) is 34.9 Å². The van der Waals surface area contributed by atoms with Crippen molar-refractivity contribution in [2.24, 2.45) is 11.7 Å². The van der Waals surface area contributed by atoms with Crippen LogP contribution in [0.2, 0.25) is 5.02 Å². The van der Waals surface area contributed by atoms with Crippen LogP contribution in [0.25, 0.3) is 0 Å². The summed E-state index contributed by atoms with van der Waals surface area (Å²) in [6, 6.07) is 7.35. The number of carbonyl (C=O) groups is 1. The van der Waals surface area contributed by atoms with E-state index in [0.29, 0.717) is 5.92 Å². The number of halogens is 2. The first kappa shape index (κ1) is 21.2. The van der Waals surface area contributed by atoms with E-state index < -0.39 is 6.04 Å². The fourth-order valence-electron chi connectivity index (χ4n) is 3.29. The van der Waals surface area contributed by atoms with Gasteiger partial charge >= 0.3 is 0 Å². The zero-order valence-electron chi connectivity index (χ0n) is 14.2. The van der Waals surface area contributed by atoms with Gasteiger partial charge in [0.15, 0.2) is 0 Å². The summed E-state index contributed by atoms with van der Waals surface area (Å²) >= 11 is 5.96. The van der Waals surface area contributed by atoms with Gasteiger partial charge in [-0.2, -0.15) is 0 Å². The highest BCUT2D eigenvalue weighted by Crippen LogP contribution is 2.28. The molecule has 0 aliphatic heterocycles. The van der Waals surface area contributed by atoms with Gasteiger partial charge in [0.05, 0.1) is 6.61 Å². The molecular formula is C18H28Cl2N2O2. The van der Waals surface area contributed by atoms with Crippen LogP contribution < -0.4 is 11.1 Å². The smallest absolute Gasteiger partial charge is 0.239 e. The Balaban J connectivity index is 0.00000288. The van der Waals surface area contributed by atoms with Gasteiger partial charge in [0.2, 0.25) is 5.91 Å². The van der Waals surface area contributed by atoms with Gasteiger partial charge in [-0.25, -0.2) is 0 Å². The fourth-order valence-corrected chi connectivity index (χ4v) is 3.42. The second kappa shape index (κ2) is 10.9. The van der Waals surface area contributed by atoms with Crippen LogP contribution in [0.1, 0.15) is 37.7 Å². The van der Waals surface area contributed by atoms with Gasteiger partial charge in [-0.15, -0.1) is 12.4 Å². The van der Waals surface area contributed by atoms with Crippen molar-refractivity contribution in [2.75, 3.05) is 13.7 Å². The van der Waals surface area contributed by atoms with Gasteiger partial charge in [-0.3, -0.25) is 4.79 Å². The summed E-state index contributed by atoms with van der Waals surface area (Å²) in [5.74, 6) is 0.384. The normalized spacial score (nSPS) is 17.6. The number of benzene rings is 1. The number of carbonyl (C=O) groups excluding carboxylic acids is 1. The number of ether oxygens (including phenoxy) is 1. The molecule has 1 aromatic rings. The van der Waals surface area contributed by atoms with Crippen LogP contribution in [0.3, 0.4) is 0 Å². The molecule has 1 fully saturated rings. The molecule has 2 atom stereocenters. The predicted octanol–water partition coefficient (Wildman–Crippen LogP) is 3.34. The maximum atomic E-state index is 12.3. The summed E-state index contributed by atoms with van der Waals surface area (Å²) in [6.07, 6.45) is 6.91. The van der Waals surface area contributed by atoms with E-state index in [2.05, 4.69) is 5.32 Å². The van der Waals surface area contributed by atoms with E-state index in [1.54, 1.807) is 7.11 Å². The van der Waals surface area contributed by atoms with Crippen molar-refractivity contribution >= 4 is 29.9 Å². The van der Waals surface area contributed by atoms with Crippen molar-refractivity contribution in [3.8, 4) is 0 Å². The minimum atomic E-state index is -0.615. The topological polar surface area (TPSA) is 64.3 Å². The van der Waals surface area contributed by atoms with Gasteiger partial charge < -0.3 is 15.8 Å². The highest BCUT2D eigenvalue weighted by molar-refractivity contribution is 6.30. The Labute approximate surface area is 155 Å². The molecule has 0 radical (unpaired) electrons. The first-order valence-electron chi connectivity index (χ1n) is 8.39. The monoisotopic (exact) mass is 374 g/mol. The van der Waals surface area contributed by atoms with Crippen LogP contribution >= 0.6 is 24.0 Å². The minimum absolute atomic E-state index is 0. The lowest BCUT2D eigenvalue weighted by molar-refractivity contribution is -0.124. The molecule has 1 saturated carbocycles. The van der Waals surface area contributed by atoms with Crippen LogP contribution in [0.5, 0.6) is 0 Å². The first-order valence-corrected chi connectivity index (χ1v) is 8.77. The van der Waals surface area contributed by atoms with Crippen molar-refractivity contribution in [3.63, 3.8) is 0 Å². The number of nitrogens with one attached hydrogen (secondary N) is 1. The van der Waals surface area contributed by atoms with Gasteiger partial charge in [-0.1, -0.05) is 43.0 Å². The largest absolute Gasteiger partial charge is 0.383 e. The standard InChI is InChI=1S/C18H27ClN2O2.ClH/c1-23-12-16(20)18(22)21-17(14-5-3-2-4-6-14)11-13-7-9-15(19)10-8-13;/h7-10,14,16-17H,2-6,11-12,20H2,1H3,(H,21,22);1H. The quantitative estimate of drug-likeness (QED) is 0.768. The molecule has 1 amide bonds. The summed E-state index contributed by atoms with van der Waals surface area (Å²) in [7, 11) is 1.56. The lowest BCUT2D eigenvalue weighted by atomic mass is 9.81. The zero-order chi connectivity index (χ0) is 16.7. The van der Waals surface area contributed by atoms with Crippen molar-refractivity contribution in [1.29, 1.82) is 0 Å². The lowest BCUT2D eigenvalue weighted by Crippen LogP contribution is -2.50. The van der Waals surface area contributed by atoms with E-state index in [0.717, 1.165) is 24.3 Å². The molecule has 0 bridgehead atoms. The number of nitrogens with two attached hydrogens (primary N) is 1. The molecule has 136 valence electrons. The number of rotatable bonds is 7. The summed E-state index contributed by atoms with van der Waals surface area (Å²) in [5, 5.41) is 3.89. The molecule has 6 heteroatoms. The second-order valence-electron chi connectivity index (χ2n) is 6.41. The molecule has 1 aliphatic carbocycles. The van der Waals surface area contributed by atoms with E-state index in [4.69, 9.17) is 22.1 Å². The molecule has 0 heterocycles. The summed E-state index contributed by atoms with van der Waals surface area (Å²) in [5.41, 5.74) is 7.05. The zero-order valence-corrected chi connectivity index (χ0v) is 15.7. The Hall–Kier alpha value is -0.810. The SMILES string of the molecule is COCC(N)C(=O)NC(Cc1ccc(Cl)cc1)C1CCCCC1.Cl. The first-order chi connectivity index (χ1) is 11.1. The van der Waals surface area contributed by atoms with Crippen molar-refractivity contribution in [2.45, 2.75) is 50.6 Å². The summed E-state index contributed by atoms with van der Waals surface area (Å²) < 4.78 is 4.98. The van der Waals surface area contributed by atoms with Gasteiger partial charge in [0.25, 0.3) is 0 Å². The number of amides is 1. The Bertz CT molecular complexity index is 490. The average Bonchev–Trinajstić information content (AvgIpc) is 2.57. The number of hydrogen-bond acceptors (Lipinski definition) is 3. The lowest BCUT2D eigenvalue weighted by Gasteiger charge is -2.32. The molecule has 3 N–H and O–H groups in total. The maximum Gasteiger partial charge on any atom is 0.239 e. The van der Waals surface area contributed by atoms with Crippen LogP contribution in [0.15, 0.2) is 24.3 Å². The summed E-state index contributed by atoms with van der Waals surface area (Å²) in [4.78, 5) is 12.3. The van der Waals surface area contributed by atoms with E-state index in [1.807, 2.05) is 24.3 Å². The molecule has 4 nitrogen and oxygen atoms in total. The molecule has 2 unspecified atom stereocenters. The maximum absolute atomic E-state index is 12.3. The van der Waals surface area contributed by atoms with Crippen molar-refractivity contribution in [1.82, 2.24) is 5.32 Å². The van der Waals surface area contributed by atoms with Crippen LogP contribution in [0, 0.1) is 5.92 Å². The minimum Gasteiger partial charge on any atom is -0.383 e. The predicted molar refractivity (Wildman–Crippen MR) is 101 cm³/mol. The third-order valence-corrected chi connectivity index (χ3v) is 4.85. The molecule has 1 aromatic carbocycles. The molecule has 1 aliphatic rings. The Morgan fingerprint density at radius 3 is 2.50 bits per heavy atom. The van der Waals surface area contributed by atoms with E-state index >= 15 is 0 Å². The molecule has 0 spiro atoms. The Morgan fingerprint density at radius 1 is 1.29 bits per heavy atom. The van der Waals surface area contributed by atoms with Crippen LogP contribution in [-0.2, 0) is 16.0 Å². The molecule has 2 rings (SSSR count). The second-order valence-corrected chi connectivity index (χ2v) is 6.84. The Kier molecular flexibility index (Phi) is 9.67. The van der Waals surface area contributed by atoms with E-state index in [9.17, 15) is 4.79 Å². The molecule has 24 heavy (non-hydrogen) atoms. The molecular weight excluding hydrogens is 347 g/mol.